The largest absolute Gasteiger partial charge is 0.385 e. The van der Waals surface area contributed by atoms with Crippen LogP contribution in [0, 0.1) is 5.92 Å². The first-order valence-electron chi connectivity index (χ1n) is 4.49. The van der Waals surface area contributed by atoms with Crippen molar-refractivity contribution in [2.75, 3.05) is 6.54 Å². The van der Waals surface area contributed by atoms with Crippen molar-refractivity contribution >= 4 is 0 Å². The van der Waals surface area contributed by atoms with E-state index < -0.39 is 0 Å². The molecule has 1 aliphatic carbocycles. The predicted molar refractivity (Wildman–Crippen MR) is 47.2 cm³/mol. The summed E-state index contributed by atoms with van der Waals surface area (Å²) in [7, 11) is 0. The van der Waals surface area contributed by atoms with E-state index in [4.69, 9.17) is 0 Å². The molecule has 0 aromatic carbocycles. The van der Waals surface area contributed by atoms with Crippen LogP contribution in [0.5, 0.6) is 0 Å². The fourth-order valence-corrected chi connectivity index (χ4v) is 1.84. The molecule has 1 fully saturated rings. The molecule has 1 nitrogen and oxygen atoms in total. The van der Waals surface area contributed by atoms with E-state index >= 15 is 0 Å². The van der Waals surface area contributed by atoms with Crippen LogP contribution in [-0.2, 0) is 0 Å². The van der Waals surface area contributed by atoms with Crippen LogP contribution in [0.4, 0.5) is 0 Å². The summed E-state index contributed by atoms with van der Waals surface area (Å²) in [5.74, 6) is 0.816. The highest BCUT2D eigenvalue weighted by molar-refractivity contribution is 5.34. The highest BCUT2D eigenvalue weighted by Gasteiger charge is 2.17. The lowest BCUT2D eigenvalue weighted by atomic mass is 9.90. The van der Waals surface area contributed by atoms with Crippen LogP contribution < -0.4 is 5.32 Å². The number of fused-ring (bicyclic) bond motifs is 1. The lowest BCUT2D eigenvalue weighted by Crippen LogP contribution is -2.29. The monoisotopic (exact) mass is 149 g/mol. The molecule has 0 radical (unpaired) electrons. The number of nitrogens with one attached hydrogen (secondary N) is 1. The molecule has 1 heterocycles. The van der Waals surface area contributed by atoms with Crippen molar-refractivity contribution < 1.29 is 0 Å². The van der Waals surface area contributed by atoms with Crippen molar-refractivity contribution in [1.82, 2.24) is 5.32 Å². The van der Waals surface area contributed by atoms with Gasteiger partial charge < -0.3 is 5.32 Å². The predicted octanol–water partition coefficient (Wildman–Crippen LogP) is 2.22. The molecule has 2 rings (SSSR count). The van der Waals surface area contributed by atoms with E-state index in [2.05, 4.69) is 24.4 Å². The SMILES string of the molecule is CC1CNC2=CCCC=C2C1. The average molecular weight is 149 g/mol. The molecule has 1 N–H and O–H groups in total. The lowest BCUT2D eigenvalue weighted by Gasteiger charge is -2.27. The van der Waals surface area contributed by atoms with E-state index in [0.717, 1.165) is 12.5 Å². The molecule has 1 saturated heterocycles. The van der Waals surface area contributed by atoms with Crippen LogP contribution in [0.25, 0.3) is 0 Å². The Kier molecular flexibility index (Phi) is 1.72. The Labute approximate surface area is 68.2 Å². The van der Waals surface area contributed by atoms with E-state index in [1.165, 1.54) is 25.0 Å². The van der Waals surface area contributed by atoms with Gasteiger partial charge in [-0.15, -0.1) is 0 Å². The maximum absolute atomic E-state index is 3.46. The van der Waals surface area contributed by atoms with Gasteiger partial charge >= 0.3 is 0 Å². The third-order valence-electron chi connectivity index (χ3n) is 2.46. The number of rotatable bonds is 0. The van der Waals surface area contributed by atoms with Crippen LogP contribution in [0.1, 0.15) is 26.2 Å². The standard InChI is InChI=1S/C10H15N/c1-8-6-9-4-2-3-5-10(9)11-7-8/h4-5,8,11H,2-3,6-7H2,1H3. The first kappa shape index (κ1) is 6.96. The van der Waals surface area contributed by atoms with E-state index in [9.17, 15) is 0 Å². The molecule has 11 heavy (non-hydrogen) atoms. The Balaban J connectivity index is 2.16. The van der Waals surface area contributed by atoms with Gasteiger partial charge in [-0.3, -0.25) is 0 Å². The second-order valence-corrected chi connectivity index (χ2v) is 3.61. The van der Waals surface area contributed by atoms with Gasteiger partial charge in [0.05, 0.1) is 0 Å². The highest BCUT2D eigenvalue weighted by atomic mass is 14.9. The molecule has 2 aliphatic rings. The molecule has 0 amide bonds. The summed E-state index contributed by atoms with van der Waals surface area (Å²) in [5.41, 5.74) is 2.96. The number of piperidine rings is 1. The summed E-state index contributed by atoms with van der Waals surface area (Å²) >= 11 is 0. The van der Waals surface area contributed by atoms with Gasteiger partial charge in [0.15, 0.2) is 0 Å². The van der Waals surface area contributed by atoms with Crippen molar-refractivity contribution in [3.05, 3.63) is 23.4 Å². The molecule has 0 aromatic rings. The van der Waals surface area contributed by atoms with E-state index in [-0.39, 0.29) is 0 Å². The van der Waals surface area contributed by atoms with Crippen molar-refractivity contribution in [3.8, 4) is 0 Å². The third-order valence-corrected chi connectivity index (χ3v) is 2.46. The average Bonchev–Trinajstić information content (AvgIpc) is 2.04. The number of hydrogen-bond acceptors (Lipinski definition) is 1. The highest BCUT2D eigenvalue weighted by Crippen LogP contribution is 2.26. The third kappa shape index (κ3) is 1.32. The van der Waals surface area contributed by atoms with Gasteiger partial charge in [0.2, 0.25) is 0 Å². The Morgan fingerprint density at radius 3 is 3.09 bits per heavy atom. The summed E-state index contributed by atoms with van der Waals surface area (Å²) in [6, 6.07) is 0. The minimum absolute atomic E-state index is 0.816. The molecular formula is C10H15N. The van der Waals surface area contributed by atoms with E-state index in [1.54, 1.807) is 5.57 Å². The Morgan fingerprint density at radius 1 is 1.36 bits per heavy atom. The van der Waals surface area contributed by atoms with Gasteiger partial charge in [-0.05, 0) is 30.8 Å². The molecule has 0 saturated carbocycles. The summed E-state index contributed by atoms with van der Waals surface area (Å²) < 4.78 is 0. The van der Waals surface area contributed by atoms with Crippen molar-refractivity contribution in [1.29, 1.82) is 0 Å². The van der Waals surface area contributed by atoms with Gasteiger partial charge in [0.1, 0.15) is 0 Å². The van der Waals surface area contributed by atoms with Gasteiger partial charge in [-0.25, -0.2) is 0 Å². The van der Waals surface area contributed by atoms with Gasteiger partial charge in [0.25, 0.3) is 0 Å². The molecule has 60 valence electrons. The van der Waals surface area contributed by atoms with Crippen molar-refractivity contribution in [2.24, 2.45) is 5.92 Å². The molecule has 0 bridgehead atoms. The van der Waals surface area contributed by atoms with Crippen LogP contribution in [0.3, 0.4) is 0 Å². The van der Waals surface area contributed by atoms with Crippen LogP contribution in [-0.4, -0.2) is 6.54 Å². The van der Waals surface area contributed by atoms with Crippen LogP contribution in [0.15, 0.2) is 23.4 Å². The fourth-order valence-electron chi connectivity index (χ4n) is 1.84. The number of allylic oxidation sites excluding steroid dienone is 3. The normalized spacial score (nSPS) is 29.7. The maximum Gasteiger partial charge on any atom is 0.0329 e. The Hall–Kier alpha value is -0.720. The molecular weight excluding hydrogens is 134 g/mol. The zero-order valence-electron chi connectivity index (χ0n) is 7.06. The van der Waals surface area contributed by atoms with Gasteiger partial charge in [-0.1, -0.05) is 19.1 Å². The number of hydrogen-bond donors (Lipinski definition) is 1. The second kappa shape index (κ2) is 2.72. The first-order chi connectivity index (χ1) is 5.36. The molecule has 1 unspecified atom stereocenters. The summed E-state index contributed by atoms with van der Waals surface area (Å²) in [5, 5.41) is 3.46. The smallest absolute Gasteiger partial charge is 0.0329 e. The van der Waals surface area contributed by atoms with Gasteiger partial charge in [0, 0.05) is 12.2 Å². The molecule has 1 atom stereocenters. The Morgan fingerprint density at radius 2 is 2.18 bits per heavy atom. The van der Waals surface area contributed by atoms with Gasteiger partial charge in [-0.2, -0.15) is 0 Å². The second-order valence-electron chi connectivity index (χ2n) is 3.61. The Bertz CT molecular complexity index is 213. The fraction of sp³-hybridized carbons (Fsp3) is 0.600. The quantitative estimate of drug-likeness (QED) is 0.557. The molecule has 0 spiro atoms. The zero-order chi connectivity index (χ0) is 7.68. The van der Waals surface area contributed by atoms with E-state index in [0.29, 0.717) is 0 Å². The van der Waals surface area contributed by atoms with Crippen molar-refractivity contribution in [3.63, 3.8) is 0 Å². The maximum atomic E-state index is 3.46. The van der Waals surface area contributed by atoms with E-state index in [1.807, 2.05) is 0 Å². The van der Waals surface area contributed by atoms with Crippen molar-refractivity contribution in [2.45, 2.75) is 26.2 Å². The zero-order valence-corrected chi connectivity index (χ0v) is 7.06. The molecule has 1 aliphatic heterocycles. The summed E-state index contributed by atoms with van der Waals surface area (Å²) in [6.07, 6.45) is 8.46. The lowest BCUT2D eigenvalue weighted by molar-refractivity contribution is 0.500. The molecule has 1 heteroatoms. The first-order valence-corrected chi connectivity index (χ1v) is 4.49. The summed E-state index contributed by atoms with van der Waals surface area (Å²) in [6.45, 7) is 3.46. The van der Waals surface area contributed by atoms with Crippen LogP contribution in [0.2, 0.25) is 0 Å². The topological polar surface area (TPSA) is 12.0 Å². The minimum Gasteiger partial charge on any atom is -0.385 e. The minimum atomic E-state index is 0.816. The summed E-state index contributed by atoms with van der Waals surface area (Å²) in [4.78, 5) is 0. The molecule has 0 aromatic heterocycles. The van der Waals surface area contributed by atoms with Crippen LogP contribution >= 0.6 is 0 Å².